The number of hydrogen-bond acceptors (Lipinski definition) is 3. The van der Waals surface area contributed by atoms with Crippen molar-refractivity contribution in [2.45, 2.75) is 69.1 Å². The molecule has 0 aliphatic carbocycles. The second-order valence-electron chi connectivity index (χ2n) is 12.7. The lowest BCUT2D eigenvalue weighted by Gasteiger charge is -2.35. The van der Waals surface area contributed by atoms with E-state index < -0.39 is 0 Å². The summed E-state index contributed by atoms with van der Waals surface area (Å²) in [6, 6.07) is 37.8. The van der Waals surface area contributed by atoms with E-state index in [4.69, 9.17) is 4.74 Å². The second kappa shape index (κ2) is 11.0. The van der Waals surface area contributed by atoms with Crippen LogP contribution in [0.1, 0.15) is 76.0 Å². The van der Waals surface area contributed by atoms with Gasteiger partial charge in [0.1, 0.15) is 0 Å². The molecule has 7 rings (SSSR count). The third kappa shape index (κ3) is 4.77. The smallest absolute Gasteiger partial charge is 0.244 e. The minimum Gasteiger partial charge on any atom is -0.453 e. The Kier molecular flexibility index (Phi) is 7.14. The first-order valence-electron chi connectivity index (χ1n) is 15.6. The molecule has 0 aromatic heterocycles. The summed E-state index contributed by atoms with van der Waals surface area (Å²) in [4.78, 5) is 5.01. The van der Waals surface area contributed by atoms with Crippen LogP contribution in [-0.2, 0) is 0 Å². The standard InChI is InChI=1S/C39H38BNOS/c1-24(2)27-21-29(25(3)4)39(30(22-27)26(5)6)40-31-13-7-12-18-37(31)43-38-23-28(19-20-32(38)40)41-33-14-8-10-16-35(33)42-36-17-11-9-15-34(36)41/h7-26H,1-6H3. The Morgan fingerprint density at radius 2 is 1.14 bits per heavy atom. The maximum atomic E-state index is 6.31. The summed E-state index contributed by atoms with van der Waals surface area (Å²) in [5.74, 6) is 3.10. The fourth-order valence-corrected chi connectivity index (χ4v) is 7.90. The fourth-order valence-electron chi connectivity index (χ4n) is 6.73. The number of nitrogens with zero attached hydrogens (tertiary/aromatic N) is 1. The number of benzene rings is 5. The highest BCUT2D eigenvalue weighted by molar-refractivity contribution is 8.00. The predicted octanol–water partition coefficient (Wildman–Crippen LogP) is 9.61. The van der Waals surface area contributed by atoms with Crippen LogP contribution in [0, 0.1) is 0 Å². The molecule has 0 N–H and O–H groups in total. The average Bonchev–Trinajstić information content (AvgIpc) is 3.01. The molecular formula is C39H38BNOS. The molecule has 0 spiro atoms. The van der Waals surface area contributed by atoms with Crippen LogP contribution in [0.4, 0.5) is 17.1 Å². The van der Waals surface area contributed by atoms with Gasteiger partial charge in [-0.2, -0.15) is 0 Å². The first-order chi connectivity index (χ1) is 20.8. The molecule has 0 bridgehead atoms. The second-order valence-corrected chi connectivity index (χ2v) is 13.8. The van der Waals surface area contributed by atoms with Gasteiger partial charge in [0.25, 0.3) is 0 Å². The first-order valence-corrected chi connectivity index (χ1v) is 16.4. The van der Waals surface area contributed by atoms with E-state index in [9.17, 15) is 0 Å². The van der Waals surface area contributed by atoms with Gasteiger partial charge in [0.2, 0.25) is 6.71 Å². The number of anilines is 3. The summed E-state index contributed by atoms with van der Waals surface area (Å²) in [5, 5.41) is 0. The van der Waals surface area contributed by atoms with Crippen molar-refractivity contribution >= 4 is 51.9 Å². The number of hydrogen-bond donors (Lipinski definition) is 0. The monoisotopic (exact) mass is 579 g/mol. The minimum absolute atomic E-state index is 0.182. The van der Waals surface area contributed by atoms with Crippen LogP contribution in [0.3, 0.4) is 0 Å². The lowest BCUT2D eigenvalue weighted by Crippen LogP contribution is -2.57. The topological polar surface area (TPSA) is 12.5 Å². The van der Waals surface area contributed by atoms with Crippen LogP contribution < -0.4 is 26.0 Å². The maximum Gasteiger partial charge on any atom is 0.244 e. The van der Waals surface area contributed by atoms with Gasteiger partial charge in [0, 0.05) is 15.5 Å². The van der Waals surface area contributed by atoms with E-state index in [2.05, 4.69) is 137 Å². The molecule has 2 aliphatic rings. The summed E-state index contributed by atoms with van der Waals surface area (Å²) in [6.07, 6.45) is 0. The van der Waals surface area contributed by atoms with Crippen molar-refractivity contribution in [1.82, 2.24) is 0 Å². The van der Waals surface area contributed by atoms with Gasteiger partial charge in [-0.25, -0.2) is 0 Å². The molecule has 5 aromatic carbocycles. The van der Waals surface area contributed by atoms with E-state index in [1.165, 1.54) is 42.9 Å². The molecule has 0 saturated heterocycles. The largest absolute Gasteiger partial charge is 0.453 e. The van der Waals surface area contributed by atoms with Crippen molar-refractivity contribution in [1.29, 1.82) is 0 Å². The average molecular weight is 580 g/mol. The molecule has 43 heavy (non-hydrogen) atoms. The normalized spacial score (nSPS) is 13.5. The molecule has 4 heteroatoms. The molecule has 0 saturated carbocycles. The molecular weight excluding hydrogens is 541 g/mol. The van der Waals surface area contributed by atoms with Crippen molar-refractivity contribution in [3.63, 3.8) is 0 Å². The van der Waals surface area contributed by atoms with Gasteiger partial charge in [0.05, 0.1) is 11.4 Å². The van der Waals surface area contributed by atoms with Gasteiger partial charge in [-0.05, 0) is 76.9 Å². The summed E-state index contributed by atoms with van der Waals surface area (Å²) in [5.41, 5.74) is 12.0. The highest BCUT2D eigenvalue weighted by atomic mass is 32.2. The quantitative estimate of drug-likeness (QED) is 0.189. The third-order valence-corrected chi connectivity index (χ3v) is 10.1. The van der Waals surface area contributed by atoms with E-state index in [0.717, 1.165) is 28.6 Å². The Labute approximate surface area is 261 Å². The Hall–Kier alpha value is -3.89. The highest BCUT2D eigenvalue weighted by Crippen LogP contribution is 2.50. The van der Waals surface area contributed by atoms with E-state index in [1.807, 2.05) is 23.9 Å². The lowest BCUT2D eigenvalue weighted by molar-refractivity contribution is 0.477. The molecule has 0 radical (unpaired) electrons. The van der Waals surface area contributed by atoms with Gasteiger partial charge in [-0.1, -0.05) is 130 Å². The lowest BCUT2D eigenvalue weighted by atomic mass is 9.34. The maximum absolute atomic E-state index is 6.31. The number of rotatable bonds is 5. The Morgan fingerprint density at radius 1 is 0.581 bits per heavy atom. The molecule has 2 heterocycles. The van der Waals surface area contributed by atoms with Gasteiger partial charge >= 0.3 is 0 Å². The van der Waals surface area contributed by atoms with Crippen LogP contribution in [0.25, 0.3) is 0 Å². The molecule has 214 valence electrons. The van der Waals surface area contributed by atoms with Crippen LogP contribution in [0.2, 0.25) is 0 Å². The van der Waals surface area contributed by atoms with Gasteiger partial charge in [0.15, 0.2) is 11.5 Å². The van der Waals surface area contributed by atoms with Crippen LogP contribution >= 0.6 is 11.8 Å². The van der Waals surface area contributed by atoms with Gasteiger partial charge in [-0.15, -0.1) is 0 Å². The van der Waals surface area contributed by atoms with Crippen LogP contribution in [0.15, 0.2) is 113 Å². The summed E-state index contributed by atoms with van der Waals surface area (Å²) in [7, 11) is 0. The van der Waals surface area contributed by atoms with Gasteiger partial charge < -0.3 is 9.64 Å². The molecule has 0 atom stereocenters. The van der Waals surface area contributed by atoms with E-state index in [0.29, 0.717) is 17.8 Å². The first kappa shape index (κ1) is 27.9. The van der Waals surface area contributed by atoms with E-state index >= 15 is 0 Å². The van der Waals surface area contributed by atoms with Crippen molar-refractivity contribution in [2.75, 3.05) is 4.90 Å². The zero-order chi connectivity index (χ0) is 29.8. The Morgan fingerprint density at radius 3 is 1.74 bits per heavy atom. The molecule has 0 unspecified atom stereocenters. The fraction of sp³-hybridized carbons (Fsp3) is 0.231. The summed E-state index contributed by atoms with van der Waals surface area (Å²) < 4.78 is 6.31. The van der Waals surface area contributed by atoms with Gasteiger partial charge in [-0.3, -0.25) is 0 Å². The molecule has 0 fully saturated rings. The zero-order valence-corrected chi connectivity index (χ0v) is 26.7. The van der Waals surface area contributed by atoms with Crippen molar-refractivity contribution in [3.8, 4) is 11.5 Å². The van der Waals surface area contributed by atoms with Crippen molar-refractivity contribution < 1.29 is 4.74 Å². The highest BCUT2D eigenvalue weighted by Gasteiger charge is 2.36. The van der Waals surface area contributed by atoms with Crippen LogP contribution in [-0.4, -0.2) is 6.71 Å². The Bertz CT molecular complexity index is 1770. The van der Waals surface area contributed by atoms with Crippen molar-refractivity contribution in [2.24, 2.45) is 0 Å². The van der Waals surface area contributed by atoms with Crippen molar-refractivity contribution in [3.05, 3.63) is 120 Å². The predicted molar refractivity (Wildman–Crippen MR) is 185 cm³/mol. The molecule has 2 nitrogen and oxygen atoms in total. The third-order valence-electron chi connectivity index (χ3n) is 8.91. The Balaban J connectivity index is 1.45. The molecule has 2 aliphatic heterocycles. The number of para-hydroxylation sites is 4. The minimum atomic E-state index is 0.182. The summed E-state index contributed by atoms with van der Waals surface area (Å²) >= 11 is 1.90. The zero-order valence-electron chi connectivity index (χ0n) is 25.9. The van der Waals surface area contributed by atoms with E-state index in [-0.39, 0.29) is 6.71 Å². The SMILES string of the molecule is CC(C)c1cc(C(C)C)c(B2c3ccccc3Sc3cc(N4c5ccccc5Oc5ccccc54)ccc32)c(C(C)C)c1. The summed E-state index contributed by atoms with van der Waals surface area (Å²) in [6.45, 7) is 14.2. The number of ether oxygens (including phenoxy) is 1. The molecule has 5 aromatic rings. The van der Waals surface area contributed by atoms with E-state index in [1.54, 1.807) is 0 Å². The number of fused-ring (bicyclic) bond motifs is 4. The van der Waals surface area contributed by atoms with Crippen LogP contribution in [0.5, 0.6) is 11.5 Å². The molecule has 0 amide bonds.